The largest absolute Gasteiger partial charge is 0.478 e. The zero-order chi connectivity index (χ0) is 12.8. The van der Waals surface area contributed by atoms with E-state index in [4.69, 9.17) is 16.7 Å². The number of carboxylic acids is 1. The summed E-state index contributed by atoms with van der Waals surface area (Å²) in [5, 5.41) is 8.95. The number of nitrogens with zero attached hydrogens (tertiary/aromatic N) is 1. The molecule has 1 aromatic heterocycles. The number of hydrogen-bond acceptors (Lipinski definition) is 4. The van der Waals surface area contributed by atoms with Gasteiger partial charge in [0.05, 0.1) is 19.1 Å². The van der Waals surface area contributed by atoms with Crippen molar-refractivity contribution in [1.29, 1.82) is 0 Å². The van der Waals surface area contributed by atoms with Crippen molar-refractivity contribution in [3.05, 3.63) is 34.6 Å². The summed E-state index contributed by atoms with van der Waals surface area (Å²) in [6.45, 7) is 0. The molecule has 0 aliphatic rings. The second-order valence-electron chi connectivity index (χ2n) is 3.09. The minimum absolute atomic E-state index is 0.0344. The van der Waals surface area contributed by atoms with Crippen LogP contribution in [0.25, 0.3) is 6.08 Å². The van der Waals surface area contributed by atoms with Crippen LogP contribution in [-0.4, -0.2) is 29.1 Å². The van der Waals surface area contributed by atoms with Gasteiger partial charge in [0, 0.05) is 11.8 Å². The van der Waals surface area contributed by atoms with E-state index in [2.05, 4.69) is 9.72 Å². The third-order valence-electron chi connectivity index (χ3n) is 1.92. The van der Waals surface area contributed by atoms with Crippen LogP contribution in [0.1, 0.15) is 22.3 Å². The van der Waals surface area contributed by atoms with Gasteiger partial charge in [0.1, 0.15) is 5.15 Å². The van der Waals surface area contributed by atoms with Gasteiger partial charge in [-0.25, -0.2) is 9.78 Å². The van der Waals surface area contributed by atoms with Gasteiger partial charge in [0.15, 0.2) is 0 Å². The Kier molecular flexibility index (Phi) is 4.66. The van der Waals surface area contributed by atoms with E-state index in [1.807, 2.05) is 0 Å². The number of methoxy groups -OCH3 is 1. The zero-order valence-electron chi connectivity index (χ0n) is 9.01. The maximum absolute atomic E-state index is 10.8. The Morgan fingerprint density at radius 1 is 1.59 bits per heavy atom. The molecule has 0 aromatic carbocycles. The first-order valence-corrected chi connectivity index (χ1v) is 5.04. The molecule has 0 spiro atoms. The average molecular weight is 256 g/mol. The fourth-order valence-corrected chi connectivity index (χ4v) is 1.23. The summed E-state index contributed by atoms with van der Waals surface area (Å²) in [5.74, 6) is -1.48. The molecule has 0 aliphatic heterocycles. The van der Waals surface area contributed by atoms with Crippen molar-refractivity contribution in [2.75, 3.05) is 7.11 Å². The molecule has 0 radical (unpaired) electrons. The highest BCUT2D eigenvalue weighted by molar-refractivity contribution is 6.30. The molecule has 90 valence electrons. The zero-order valence-corrected chi connectivity index (χ0v) is 9.77. The number of aromatic nitrogens is 1. The quantitative estimate of drug-likeness (QED) is 0.658. The van der Waals surface area contributed by atoms with Crippen LogP contribution < -0.4 is 0 Å². The maximum atomic E-state index is 10.8. The molecule has 17 heavy (non-hydrogen) atoms. The van der Waals surface area contributed by atoms with Crippen molar-refractivity contribution < 1.29 is 19.4 Å². The highest BCUT2D eigenvalue weighted by Gasteiger charge is 2.06. The van der Waals surface area contributed by atoms with Crippen molar-refractivity contribution in [3.63, 3.8) is 0 Å². The molecule has 0 atom stereocenters. The molecular formula is C11H10ClNO4. The molecule has 1 rings (SSSR count). The number of ether oxygens (including phenoxy) is 1. The van der Waals surface area contributed by atoms with Crippen LogP contribution >= 0.6 is 11.6 Å². The van der Waals surface area contributed by atoms with E-state index in [1.54, 1.807) is 0 Å². The fourth-order valence-electron chi connectivity index (χ4n) is 1.06. The lowest BCUT2D eigenvalue weighted by atomic mass is 10.2. The smallest absolute Gasteiger partial charge is 0.337 e. The number of pyridine rings is 1. The number of carbonyl (C=O) groups excluding carboxylic acids is 1. The van der Waals surface area contributed by atoms with Gasteiger partial charge in [0.25, 0.3) is 0 Å². The lowest BCUT2D eigenvalue weighted by molar-refractivity contribution is -0.139. The van der Waals surface area contributed by atoms with Crippen LogP contribution in [0.15, 0.2) is 18.3 Å². The third-order valence-corrected chi connectivity index (χ3v) is 2.24. The van der Waals surface area contributed by atoms with Gasteiger partial charge in [-0.1, -0.05) is 23.8 Å². The molecule has 0 aliphatic carbocycles. The van der Waals surface area contributed by atoms with Gasteiger partial charge >= 0.3 is 11.9 Å². The molecule has 0 bridgehead atoms. The number of rotatable bonds is 4. The number of hydrogen-bond donors (Lipinski definition) is 1. The molecule has 0 saturated heterocycles. The number of halogens is 1. The van der Waals surface area contributed by atoms with Crippen molar-refractivity contribution in [3.8, 4) is 0 Å². The van der Waals surface area contributed by atoms with Gasteiger partial charge < -0.3 is 9.84 Å². The van der Waals surface area contributed by atoms with E-state index in [1.165, 1.54) is 31.5 Å². The van der Waals surface area contributed by atoms with Crippen molar-refractivity contribution in [2.45, 2.75) is 6.42 Å². The number of carbonyl (C=O) groups is 2. The van der Waals surface area contributed by atoms with Crippen molar-refractivity contribution >= 4 is 29.6 Å². The maximum Gasteiger partial charge on any atom is 0.337 e. The Morgan fingerprint density at radius 3 is 2.88 bits per heavy atom. The molecule has 0 saturated carbocycles. The van der Waals surface area contributed by atoms with E-state index in [-0.39, 0.29) is 23.1 Å². The van der Waals surface area contributed by atoms with E-state index in [0.717, 1.165) is 0 Å². The predicted molar refractivity (Wildman–Crippen MR) is 61.9 cm³/mol. The van der Waals surface area contributed by atoms with Crippen molar-refractivity contribution in [1.82, 2.24) is 4.98 Å². The van der Waals surface area contributed by atoms with Gasteiger partial charge in [0.2, 0.25) is 0 Å². The van der Waals surface area contributed by atoms with Crippen LogP contribution in [0.5, 0.6) is 0 Å². The minimum atomic E-state index is -1.09. The van der Waals surface area contributed by atoms with Crippen LogP contribution in [0.2, 0.25) is 5.15 Å². The standard InChI is InChI=1S/C11H10ClNO4/c1-17-9(14)4-2-3-7-5-8(11(15)16)6-13-10(7)12/h2-3,5-6H,4H2,1H3,(H,15,16). The summed E-state index contributed by atoms with van der Waals surface area (Å²) < 4.78 is 4.45. The van der Waals surface area contributed by atoms with E-state index in [0.29, 0.717) is 5.56 Å². The summed E-state index contributed by atoms with van der Waals surface area (Å²) in [4.78, 5) is 25.3. The van der Waals surface area contributed by atoms with Gasteiger partial charge in [-0.05, 0) is 6.07 Å². The molecular weight excluding hydrogens is 246 g/mol. The van der Waals surface area contributed by atoms with Crippen LogP contribution in [0.4, 0.5) is 0 Å². The normalized spacial score (nSPS) is 10.5. The number of esters is 1. The second kappa shape index (κ2) is 6.00. The summed E-state index contributed by atoms with van der Waals surface area (Å²) in [6.07, 6.45) is 4.31. The second-order valence-corrected chi connectivity index (χ2v) is 3.45. The van der Waals surface area contributed by atoms with E-state index >= 15 is 0 Å². The molecule has 6 heteroatoms. The van der Waals surface area contributed by atoms with Crippen molar-refractivity contribution in [2.24, 2.45) is 0 Å². The molecule has 0 fully saturated rings. The summed E-state index contributed by atoms with van der Waals surface area (Å²) >= 11 is 5.78. The van der Waals surface area contributed by atoms with Crippen LogP contribution in [0, 0.1) is 0 Å². The summed E-state index contributed by atoms with van der Waals surface area (Å²) in [6, 6.07) is 1.38. The van der Waals surface area contributed by atoms with E-state index < -0.39 is 5.97 Å². The van der Waals surface area contributed by atoms with Crippen LogP contribution in [0.3, 0.4) is 0 Å². The Labute approximate surface area is 103 Å². The Bertz CT molecular complexity index is 471. The molecule has 0 amide bonds. The van der Waals surface area contributed by atoms with Crippen LogP contribution in [-0.2, 0) is 9.53 Å². The van der Waals surface area contributed by atoms with Gasteiger partial charge in [-0.3, -0.25) is 4.79 Å². The predicted octanol–water partition coefficient (Wildman–Crippen LogP) is 2.01. The highest BCUT2D eigenvalue weighted by atomic mass is 35.5. The first-order chi connectivity index (χ1) is 8.04. The monoisotopic (exact) mass is 255 g/mol. The Hall–Kier alpha value is -1.88. The SMILES string of the molecule is COC(=O)CC=Cc1cc(C(=O)O)cnc1Cl. The minimum Gasteiger partial charge on any atom is -0.478 e. The number of carboxylic acid groups (broad SMARTS) is 1. The molecule has 0 unspecified atom stereocenters. The Balaban J connectivity index is 2.86. The topological polar surface area (TPSA) is 76.5 Å². The first-order valence-electron chi connectivity index (χ1n) is 4.66. The Morgan fingerprint density at radius 2 is 2.29 bits per heavy atom. The van der Waals surface area contributed by atoms with Gasteiger partial charge in [-0.2, -0.15) is 0 Å². The first kappa shape index (κ1) is 13.2. The molecule has 1 N–H and O–H groups in total. The molecule has 1 heterocycles. The summed E-state index contributed by atoms with van der Waals surface area (Å²) in [7, 11) is 1.29. The summed E-state index contributed by atoms with van der Waals surface area (Å²) in [5.41, 5.74) is 0.475. The fraction of sp³-hybridized carbons (Fsp3) is 0.182. The molecule has 5 nitrogen and oxygen atoms in total. The lowest BCUT2D eigenvalue weighted by Crippen LogP contribution is -1.98. The highest BCUT2D eigenvalue weighted by Crippen LogP contribution is 2.16. The third kappa shape index (κ3) is 3.88. The van der Waals surface area contributed by atoms with Gasteiger partial charge in [-0.15, -0.1) is 0 Å². The lowest BCUT2D eigenvalue weighted by Gasteiger charge is -1.99. The van der Waals surface area contributed by atoms with E-state index in [9.17, 15) is 9.59 Å². The average Bonchev–Trinajstić information content (AvgIpc) is 2.30. The number of aromatic carboxylic acids is 1. The molecule has 1 aromatic rings.